The quantitative estimate of drug-likeness (QED) is 0.450. The van der Waals surface area contributed by atoms with Gasteiger partial charge in [0.2, 0.25) is 11.0 Å². The molecule has 9 heteroatoms. The molecule has 0 aliphatic heterocycles. The van der Waals surface area contributed by atoms with E-state index in [0.717, 1.165) is 32.1 Å². The number of hydrogen-bond acceptors (Lipinski definition) is 6. The second-order valence-electron chi connectivity index (χ2n) is 6.68. The van der Waals surface area contributed by atoms with Crippen LogP contribution in [-0.4, -0.2) is 40.5 Å². The molecule has 0 unspecified atom stereocenters. The smallest absolute Gasteiger partial charge is 0.321 e. The third-order valence-electron chi connectivity index (χ3n) is 4.47. The van der Waals surface area contributed by atoms with Crippen molar-refractivity contribution in [2.75, 3.05) is 17.6 Å². The lowest BCUT2D eigenvalue weighted by molar-refractivity contribution is -0.118. The van der Waals surface area contributed by atoms with Crippen molar-refractivity contribution in [1.29, 1.82) is 0 Å². The molecule has 1 aromatic heterocycles. The van der Waals surface area contributed by atoms with Gasteiger partial charge in [0.25, 0.3) is 0 Å². The van der Waals surface area contributed by atoms with Gasteiger partial charge in [-0.15, -0.1) is 10.2 Å². The van der Waals surface area contributed by atoms with Crippen molar-refractivity contribution in [1.82, 2.24) is 20.8 Å². The molecular formula is C19H25N5O2S2. The van der Waals surface area contributed by atoms with Crippen LogP contribution in [0.25, 0.3) is 0 Å². The maximum atomic E-state index is 12.0. The fourth-order valence-corrected chi connectivity index (χ4v) is 4.63. The maximum Gasteiger partial charge on any atom is 0.321 e. The first-order valence-corrected chi connectivity index (χ1v) is 11.3. The molecule has 0 saturated heterocycles. The molecule has 0 bridgehead atoms. The first kappa shape index (κ1) is 20.6. The van der Waals surface area contributed by atoms with Crippen LogP contribution in [0.15, 0.2) is 34.7 Å². The van der Waals surface area contributed by atoms with Gasteiger partial charge in [0.05, 0.1) is 5.75 Å². The number of benzene rings is 1. The van der Waals surface area contributed by atoms with Crippen LogP contribution in [0.4, 0.5) is 9.93 Å². The van der Waals surface area contributed by atoms with Gasteiger partial charge in [-0.2, -0.15) is 0 Å². The Balaban J connectivity index is 1.33. The Morgan fingerprint density at radius 2 is 1.89 bits per heavy atom. The average Bonchev–Trinajstić information content (AvgIpc) is 3.15. The summed E-state index contributed by atoms with van der Waals surface area (Å²) in [5, 5.41) is 17.1. The second-order valence-corrected chi connectivity index (χ2v) is 8.88. The van der Waals surface area contributed by atoms with Crippen molar-refractivity contribution in [2.24, 2.45) is 0 Å². The lowest BCUT2D eigenvalue weighted by atomic mass is 9.96. The Labute approximate surface area is 173 Å². The number of carbonyl (C=O) groups excluding carboxylic acids is 2. The van der Waals surface area contributed by atoms with Crippen LogP contribution in [-0.2, 0) is 11.2 Å². The standard InChI is InChI=1S/C19H25N5O2S2/c25-16(20-12-11-14-7-3-1-4-8-14)13-27-19-24-23-18(28-19)22-17(26)21-15-9-5-2-6-10-15/h1,3-4,7-8,15H,2,5-6,9-13H2,(H,20,25)(H2,21,22,23,26). The number of rotatable bonds is 8. The topological polar surface area (TPSA) is 96.0 Å². The normalized spacial score (nSPS) is 14.4. The van der Waals surface area contributed by atoms with Crippen LogP contribution in [0.5, 0.6) is 0 Å². The van der Waals surface area contributed by atoms with Crippen molar-refractivity contribution in [2.45, 2.75) is 48.9 Å². The summed E-state index contributed by atoms with van der Waals surface area (Å²) in [6.45, 7) is 0.605. The van der Waals surface area contributed by atoms with Gasteiger partial charge in [0.15, 0.2) is 4.34 Å². The number of carbonyl (C=O) groups is 2. The minimum atomic E-state index is -0.238. The molecule has 0 radical (unpaired) electrons. The van der Waals surface area contributed by atoms with E-state index >= 15 is 0 Å². The molecule has 1 fully saturated rings. The van der Waals surface area contributed by atoms with Crippen molar-refractivity contribution < 1.29 is 9.59 Å². The number of hydrogen-bond donors (Lipinski definition) is 3. The highest BCUT2D eigenvalue weighted by Crippen LogP contribution is 2.25. The Morgan fingerprint density at radius 1 is 1.11 bits per heavy atom. The van der Waals surface area contributed by atoms with Crippen molar-refractivity contribution >= 4 is 40.2 Å². The Bertz CT molecular complexity index is 763. The molecule has 7 nitrogen and oxygen atoms in total. The molecule has 1 aliphatic carbocycles. The fourth-order valence-electron chi connectivity index (χ4n) is 3.05. The molecule has 0 spiro atoms. The van der Waals surface area contributed by atoms with Crippen molar-refractivity contribution in [3.05, 3.63) is 35.9 Å². The van der Waals surface area contributed by atoms with E-state index in [4.69, 9.17) is 0 Å². The molecule has 3 amide bonds. The number of anilines is 1. The molecule has 1 saturated carbocycles. The molecule has 150 valence electrons. The minimum absolute atomic E-state index is 0.0410. The fraction of sp³-hybridized carbons (Fsp3) is 0.474. The zero-order valence-electron chi connectivity index (χ0n) is 15.6. The summed E-state index contributed by atoms with van der Waals surface area (Å²) in [6.07, 6.45) is 6.45. The molecule has 3 rings (SSSR count). The van der Waals surface area contributed by atoms with E-state index < -0.39 is 0 Å². The predicted molar refractivity (Wildman–Crippen MR) is 113 cm³/mol. The van der Waals surface area contributed by atoms with E-state index in [9.17, 15) is 9.59 Å². The van der Waals surface area contributed by atoms with Crippen molar-refractivity contribution in [3.63, 3.8) is 0 Å². The molecule has 1 heterocycles. The lowest BCUT2D eigenvalue weighted by Gasteiger charge is -2.22. The number of aromatic nitrogens is 2. The van der Waals surface area contributed by atoms with E-state index in [1.165, 1.54) is 35.1 Å². The molecule has 0 atom stereocenters. The lowest BCUT2D eigenvalue weighted by Crippen LogP contribution is -2.38. The highest BCUT2D eigenvalue weighted by molar-refractivity contribution is 8.01. The van der Waals surface area contributed by atoms with E-state index in [0.29, 0.717) is 16.0 Å². The van der Waals surface area contributed by atoms with Crippen LogP contribution in [0.2, 0.25) is 0 Å². The van der Waals surface area contributed by atoms with E-state index in [1.54, 1.807) is 0 Å². The highest BCUT2D eigenvalue weighted by Gasteiger charge is 2.17. The van der Waals surface area contributed by atoms with Gasteiger partial charge in [0.1, 0.15) is 0 Å². The van der Waals surface area contributed by atoms with Gasteiger partial charge in [-0.3, -0.25) is 10.1 Å². The monoisotopic (exact) mass is 419 g/mol. The van der Waals surface area contributed by atoms with Gasteiger partial charge in [-0.05, 0) is 24.8 Å². The summed E-state index contributed by atoms with van der Waals surface area (Å²) in [5.41, 5.74) is 1.20. The summed E-state index contributed by atoms with van der Waals surface area (Å²) in [7, 11) is 0. The first-order valence-electron chi connectivity index (χ1n) is 9.53. The predicted octanol–water partition coefficient (Wildman–Crippen LogP) is 3.44. The summed E-state index contributed by atoms with van der Waals surface area (Å²) in [5.74, 6) is 0.234. The highest BCUT2D eigenvalue weighted by atomic mass is 32.2. The molecule has 3 N–H and O–H groups in total. The summed E-state index contributed by atoms with van der Waals surface area (Å²) >= 11 is 2.59. The maximum absolute atomic E-state index is 12.0. The van der Waals surface area contributed by atoms with Gasteiger partial charge in [0, 0.05) is 12.6 Å². The third-order valence-corrected chi connectivity index (χ3v) is 6.44. The summed E-state index contributed by atoms with van der Waals surface area (Å²) in [6, 6.07) is 10.0. The number of thioether (sulfide) groups is 1. The third kappa shape index (κ3) is 7.12. The zero-order chi connectivity index (χ0) is 19.6. The molecule has 28 heavy (non-hydrogen) atoms. The van der Waals surface area contributed by atoms with Gasteiger partial charge < -0.3 is 10.6 Å². The summed E-state index contributed by atoms with van der Waals surface area (Å²) in [4.78, 5) is 24.0. The average molecular weight is 420 g/mol. The van der Waals surface area contributed by atoms with Crippen LogP contribution in [0, 0.1) is 0 Å². The number of nitrogens with zero attached hydrogens (tertiary/aromatic N) is 2. The van der Waals surface area contributed by atoms with Gasteiger partial charge >= 0.3 is 6.03 Å². The van der Waals surface area contributed by atoms with E-state index in [-0.39, 0.29) is 23.7 Å². The van der Waals surface area contributed by atoms with Crippen LogP contribution in [0.1, 0.15) is 37.7 Å². The van der Waals surface area contributed by atoms with Crippen molar-refractivity contribution in [3.8, 4) is 0 Å². The number of urea groups is 1. The first-order chi connectivity index (χ1) is 13.7. The molecule has 2 aromatic rings. The Morgan fingerprint density at radius 3 is 2.68 bits per heavy atom. The minimum Gasteiger partial charge on any atom is -0.355 e. The molecule has 1 aliphatic rings. The summed E-state index contributed by atoms with van der Waals surface area (Å²) < 4.78 is 0.658. The van der Waals surface area contributed by atoms with Crippen LogP contribution < -0.4 is 16.0 Å². The number of amides is 3. The zero-order valence-corrected chi connectivity index (χ0v) is 17.3. The van der Waals surface area contributed by atoms with E-state index in [1.807, 2.05) is 30.3 Å². The Kier molecular flexibility index (Phi) is 8.10. The SMILES string of the molecule is O=C(CSc1nnc(NC(=O)NC2CCCCC2)s1)NCCc1ccccc1. The van der Waals surface area contributed by atoms with Gasteiger partial charge in [-0.1, -0.05) is 72.7 Å². The molecule has 1 aromatic carbocycles. The number of nitrogens with one attached hydrogen (secondary N) is 3. The van der Waals surface area contributed by atoms with Crippen LogP contribution >= 0.6 is 23.1 Å². The van der Waals surface area contributed by atoms with E-state index in [2.05, 4.69) is 26.1 Å². The van der Waals surface area contributed by atoms with Gasteiger partial charge in [-0.25, -0.2) is 4.79 Å². The van der Waals surface area contributed by atoms with Crippen LogP contribution in [0.3, 0.4) is 0 Å². The molecular weight excluding hydrogens is 394 g/mol. The largest absolute Gasteiger partial charge is 0.355 e. The second kappa shape index (κ2) is 11.0. The Hall–Kier alpha value is -2.13.